The zero-order valence-corrected chi connectivity index (χ0v) is 15.6. The molecule has 2 aromatic heterocycles. The van der Waals surface area contributed by atoms with Crippen LogP contribution >= 0.6 is 0 Å². The third-order valence-corrected chi connectivity index (χ3v) is 4.76. The Balaban J connectivity index is 1.47. The fraction of sp³-hybridized carbons (Fsp3) is 0.579. The van der Waals surface area contributed by atoms with Gasteiger partial charge in [-0.25, -0.2) is 15.0 Å². The van der Waals surface area contributed by atoms with Gasteiger partial charge in [-0.1, -0.05) is 6.92 Å². The Labute approximate surface area is 154 Å². The lowest BCUT2D eigenvalue weighted by atomic mass is 10.1. The predicted molar refractivity (Wildman–Crippen MR) is 97.6 cm³/mol. The lowest BCUT2D eigenvalue weighted by Gasteiger charge is -2.33. The molecule has 26 heavy (non-hydrogen) atoms. The van der Waals surface area contributed by atoms with Gasteiger partial charge in [0.2, 0.25) is 5.91 Å². The summed E-state index contributed by atoms with van der Waals surface area (Å²) in [6, 6.07) is 2.00. The molecule has 1 unspecified atom stereocenters. The Morgan fingerprint density at radius 2 is 2.23 bits per heavy atom. The highest BCUT2D eigenvalue weighted by Crippen LogP contribution is 2.13. The second kappa shape index (κ2) is 8.89. The average molecular weight is 357 g/mol. The van der Waals surface area contributed by atoms with E-state index in [9.17, 15) is 4.79 Å². The molecule has 1 amide bonds. The molecule has 1 fully saturated rings. The van der Waals surface area contributed by atoms with Crippen molar-refractivity contribution >= 4 is 5.91 Å². The zero-order valence-electron chi connectivity index (χ0n) is 15.6. The van der Waals surface area contributed by atoms with Crippen LogP contribution in [0.15, 0.2) is 24.8 Å². The van der Waals surface area contributed by atoms with Gasteiger partial charge in [-0.15, -0.1) is 0 Å². The van der Waals surface area contributed by atoms with Crippen LogP contribution in [0, 0.1) is 6.92 Å². The Bertz CT molecular complexity index is 730. The largest absolute Gasteiger partial charge is 0.375 e. The lowest BCUT2D eigenvalue weighted by molar-refractivity contribution is -0.139. The molecule has 0 bridgehead atoms. The third-order valence-electron chi connectivity index (χ3n) is 4.76. The molecule has 0 saturated carbocycles. The number of carbonyl (C=O) groups excluding carboxylic acids is 1. The summed E-state index contributed by atoms with van der Waals surface area (Å²) in [5.41, 5.74) is 2.00. The van der Waals surface area contributed by atoms with Gasteiger partial charge in [-0.2, -0.15) is 0 Å². The number of rotatable bonds is 7. The van der Waals surface area contributed by atoms with Crippen LogP contribution in [0.3, 0.4) is 0 Å². The number of amides is 1. The minimum atomic E-state index is 0.0717. The molecule has 3 rings (SSSR count). The van der Waals surface area contributed by atoms with Crippen molar-refractivity contribution in [3.8, 4) is 0 Å². The first kappa shape index (κ1) is 18.5. The van der Waals surface area contributed by atoms with E-state index in [0.29, 0.717) is 32.7 Å². The van der Waals surface area contributed by atoms with Crippen molar-refractivity contribution in [3.63, 3.8) is 0 Å². The fourth-order valence-corrected chi connectivity index (χ4v) is 3.31. The predicted octanol–water partition coefficient (Wildman–Crippen LogP) is 1.79. The monoisotopic (exact) mass is 357 g/mol. The van der Waals surface area contributed by atoms with Crippen molar-refractivity contribution < 1.29 is 9.53 Å². The highest BCUT2D eigenvalue weighted by molar-refractivity contribution is 5.76. The van der Waals surface area contributed by atoms with Crippen LogP contribution in [0.4, 0.5) is 0 Å². The summed E-state index contributed by atoms with van der Waals surface area (Å²) in [6.07, 6.45) is 8.49. The second-order valence-corrected chi connectivity index (χ2v) is 6.66. The molecule has 0 spiro atoms. The van der Waals surface area contributed by atoms with Gasteiger partial charge in [0, 0.05) is 56.3 Å². The van der Waals surface area contributed by atoms with Crippen molar-refractivity contribution in [2.45, 2.75) is 52.2 Å². The van der Waals surface area contributed by atoms with Crippen molar-refractivity contribution in [3.05, 3.63) is 42.0 Å². The highest BCUT2D eigenvalue weighted by Gasteiger charge is 2.24. The maximum absolute atomic E-state index is 12.6. The number of ether oxygens (including phenoxy) is 1. The molecule has 1 atom stereocenters. The van der Waals surface area contributed by atoms with Crippen LogP contribution < -0.4 is 0 Å². The van der Waals surface area contributed by atoms with Crippen LogP contribution in [0.1, 0.15) is 37.0 Å². The summed E-state index contributed by atoms with van der Waals surface area (Å²) in [4.78, 5) is 27.2. The van der Waals surface area contributed by atoms with E-state index in [4.69, 9.17) is 4.74 Å². The van der Waals surface area contributed by atoms with E-state index in [0.717, 1.165) is 36.5 Å². The molecular weight excluding hydrogens is 330 g/mol. The van der Waals surface area contributed by atoms with Gasteiger partial charge < -0.3 is 14.2 Å². The van der Waals surface area contributed by atoms with Gasteiger partial charge in [0.25, 0.3) is 0 Å². The molecule has 2 aromatic rings. The van der Waals surface area contributed by atoms with Gasteiger partial charge in [0.05, 0.1) is 12.7 Å². The number of aromatic nitrogens is 4. The minimum Gasteiger partial charge on any atom is -0.375 e. The number of nitrogens with zero attached hydrogens (tertiary/aromatic N) is 5. The van der Waals surface area contributed by atoms with Crippen LogP contribution in [0.5, 0.6) is 0 Å². The van der Waals surface area contributed by atoms with E-state index in [-0.39, 0.29) is 12.0 Å². The Morgan fingerprint density at radius 1 is 1.35 bits per heavy atom. The summed E-state index contributed by atoms with van der Waals surface area (Å²) in [7, 11) is 0. The number of hydrogen-bond acceptors (Lipinski definition) is 5. The standard InChI is InChI=1S/C19H27N5O2/c1-3-18-20-7-9-23(18)8-6-19(25)24-10-11-26-17(13-24)5-4-16-12-15(2)21-14-22-16/h7,9,12,14,17H,3-6,8,10-11,13H2,1-2H3. The SMILES string of the molecule is CCc1nccn1CCC(=O)N1CCOC(CCc2cc(C)ncn2)C1. The zero-order chi connectivity index (χ0) is 18.4. The molecular formula is C19H27N5O2. The van der Waals surface area contributed by atoms with E-state index in [1.165, 1.54) is 0 Å². The Hall–Kier alpha value is -2.28. The molecule has 140 valence electrons. The summed E-state index contributed by atoms with van der Waals surface area (Å²) >= 11 is 0. The normalized spacial score (nSPS) is 17.5. The quantitative estimate of drug-likeness (QED) is 0.755. The number of morpholine rings is 1. The minimum absolute atomic E-state index is 0.0717. The summed E-state index contributed by atoms with van der Waals surface area (Å²) < 4.78 is 7.91. The smallest absolute Gasteiger partial charge is 0.224 e. The van der Waals surface area contributed by atoms with Gasteiger partial charge in [0.15, 0.2) is 0 Å². The lowest BCUT2D eigenvalue weighted by Crippen LogP contribution is -2.46. The molecule has 0 aromatic carbocycles. The summed E-state index contributed by atoms with van der Waals surface area (Å²) in [5.74, 6) is 1.21. The Kier molecular flexibility index (Phi) is 6.33. The maximum atomic E-state index is 12.6. The molecule has 1 aliphatic heterocycles. The van der Waals surface area contributed by atoms with Gasteiger partial charge >= 0.3 is 0 Å². The molecule has 0 N–H and O–H groups in total. The van der Waals surface area contributed by atoms with E-state index >= 15 is 0 Å². The molecule has 1 aliphatic rings. The number of aryl methyl sites for hydroxylation is 4. The molecule has 7 nitrogen and oxygen atoms in total. The van der Waals surface area contributed by atoms with Gasteiger partial charge in [-0.3, -0.25) is 4.79 Å². The molecule has 1 saturated heterocycles. The summed E-state index contributed by atoms with van der Waals surface area (Å²) in [5, 5.41) is 0. The van der Waals surface area contributed by atoms with E-state index < -0.39 is 0 Å². The van der Waals surface area contributed by atoms with E-state index in [1.54, 1.807) is 12.5 Å². The first-order chi connectivity index (χ1) is 12.7. The van der Waals surface area contributed by atoms with Gasteiger partial charge in [0.1, 0.15) is 12.2 Å². The highest BCUT2D eigenvalue weighted by atomic mass is 16.5. The van der Waals surface area contributed by atoms with Crippen LogP contribution in [0.25, 0.3) is 0 Å². The van der Waals surface area contributed by atoms with Crippen molar-refractivity contribution in [2.75, 3.05) is 19.7 Å². The molecule has 3 heterocycles. The Morgan fingerprint density at radius 3 is 3.04 bits per heavy atom. The molecule has 0 aliphatic carbocycles. The molecule has 7 heteroatoms. The number of imidazole rings is 1. The average Bonchev–Trinajstić information content (AvgIpc) is 3.12. The van der Waals surface area contributed by atoms with Crippen molar-refractivity contribution in [1.29, 1.82) is 0 Å². The topological polar surface area (TPSA) is 73.1 Å². The second-order valence-electron chi connectivity index (χ2n) is 6.66. The van der Waals surface area contributed by atoms with Gasteiger partial charge in [-0.05, 0) is 25.8 Å². The van der Waals surface area contributed by atoms with Crippen LogP contribution in [-0.4, -0.2) is 56.1 Å². The third kappa shape index (κ3) is 4.88. The molecule has 0 radical (unpaired) electrons. The van der Waals surface area contributed by atoms with E-state index in [1.807, 2.05) is 24.1 Å². The number of hydrogen-bond donors (Lipinski definition) is 0. The van der Waals surface area contributed by atoms with Crippen molar-refractivity contribution in [2.24, 2.45) is 0 Å². The fourth-order valence-electron chi connectivity index (χ4n) is 3.31. The van der Waals surface area contributed by atoms with Crippen molar-refractivity contribution in [1.82, 2.24) is 24.4 Å². The first-order valence-electron chi connectivity index (χ1n) is 9.32. The van der Waals surface area contributed by atoms with E-state index in [2.05, 4.69) is 26.4 Å². The maximum Gasteiger partial charge on any atom is 0.224 e. The number of carbonyl (C=O) groups is 1. The summed E-state index contributed by atoms with van der Waals surface area (Å²) in [6.45, 7) is 6.66. The van der Waals surface area contributed by atoms with Crippen LogP contribution in [0.2, 0.25) is 0 Å². The first-order valence-corrected chi connectivity index (χ1v) is 9.32. The van der Waals surface area contributed by atoms with Crippen LogP contribution in [-0.2, 0) is 28.9 Å².